The van der Waals surface area contributed by atoms with E-state index in [2.05, 4.69) is 41.1 Å². The molecule has 1 aliphatic rings. The predicted molar refractivity (Wildman–Crippen MR) is 108 cm³/mol. The number of nitrogens with zero attached hydrogens (tertiary/aromatic N) is 4. The summed E-state index contributed by atoms with van der Waals surface area (Å²) in [5, 5.41) is 6.77. The second-order valence-corrected chi connectivity index (χ2v) is 6.99. The monoisotopic (exact) mass is 370 g/mol. The van der Waals surface area contributed by atoms with E-state index in [0.717, 1.165) is 49.8 Å². The average Bonchev–Trinajstić information content (AvgIpc) is 3.29. The van der Waals surface area contributed by atoms with Gasteiger partial charge in [0.05, 0.1) is 5.69 Å². The van der Waals surface area contributed by atoms with Crippen molar-refractivity contribution in [1.29, 1.82) is 0 Å². The van der Waals surface area contributed by atoms with Crippen LogP contribution in [0.15, 0.2) is 29.5 Å². The number of rotatable bonds is 6. The Labute approximate surface area is 160 Å². The van der Waals surface area contributed by atoms with E-state index >= 15 is 0 Å². The molecule has 0 bridgehead atoms. The summed E-state index contributed by atoms with van der Waals surface area (Å²) >= 11 is 0. The summed E-state index contributed by atoms with van der Waals surface area (Å²) in [5.41, 5.74) is 3.23. The predicted octanol–water partition coefficient (Wildman–Crippen LogP) is 1.75. The van der Waals surface area contributed by atoms with Crippen LogP contribution < -0.4 is 10.6 Å². The first-order chi connectivity index (χ1) is 13.1. The standard InChI is InChI=1S/C20H30N6O/c1-4-18(27)25-12-9-17(13-25)24-20(21-5-2)22-10-8-16-14-26-11-6-7-15(3)19(26)23-16/h6-7,11,14,17H,4-5,8-10,12-13H2,1-3H3,(H2,21,22,24). The van der Waals surface area contributed by atoms with Crippen LogP contribution in [0.25, 0.3) is 5.65 Å². The van der Waals surface area contributed by atoms with Crippen LogP contribution in [0, 0.1) is 6.92 Å². The lowest BCUT2D eigenvalue weighted by molar-refractivity contribution is -0.129. The summed E-state index contributed by atoms with van der Waals surface area (Å²) in [5.74, 6) is 1.04. The van der Waals surface area contributed by atoms with Gasteiger partial charge in [0.25, 0.3) is 0 Å². The largest absolute Gasteiger partial charge is 0.357 e. The molecular formula is C20H30N6O. The van der Waals surface area contributed by atoms with Crippen molar-refractivity contribution in [2.75, 3.05) is 26.2 Å². The van der Waals surface area contributed by atoms with Crippen molar-refractivity contribution >= 4 is 17.5 Å². The Morgan fingerprint density at radius 1 is 1.41 bits per heavy atom. The first-order valence-corrected chi connectivity index (χ1v) is 9.86. The highest BCUT2D eigenvalue weighted by Gasteiger charge is 2.25. The summed E-state index contributed by atoms with van der Waals surface area (Å²) in [6.07, 6.45) is 6.42. The Morgan fingerprint density at radius 2 is 2.26 bits per heavy atom. The number of guanidine groups is 1. The van der Waals surface area contributed by atoms with Crippen molar-refractivity contribution in [2.24, 2.45) is 4.99 Å². The fraction of sp³-hybridized carbons (Fsp3) is 0.550. The molecule has 0 aliphatic carbocycles. The van der Waals surface area contributed by atoms with E-state index in [9.17, 15) is 4.79 Å². The molecule has 1 aliphatic heterocycles. The second-order valence-electron chi connectivity index (χ2n) is 6.99. The molecule has 1 unspecified atom stereocenters. The first kappa shape index (κ1) is 19.2. The van der Waals surface area contributed by atoms with Gasteiger partial charge in [-0.05, 0) is 31.9 Å². The second kappa shape index (κ2) is 8.88. The lowest BCUT2D eigenvalue weighted by Gasteiger charge is -2.18. The fourth-order valence-corrected chi connectivity index (χ4v) is 3.45. The van der Waals surface area contributed by atoms with Crippen molar-refractivity contribution < 1.29 is 4.79 Å². The van der Waals surface area contributed by atoms with Gasteiger partial charge in [0, 0.05) is 57.5 Å². The fourth-order valence-electron chi connectivity index (χ4n) is 3.45. The Morgan fingerprint density at radius 3 is 3.00 bits per heavy atom. The summed E-state index contributed by atoms with van der Waals surface area (Å²) in [7, 11) is 0. The van der Waals surface area contributed by atoms with E-state index in [0.29, 0.717) is 13.0 Å². The minimum atomic E-state index is 0.225. The quantitative estimate of drug-likeness (QED) is 0.600. The number of hydrogen-bond acceptors (Lipinski definition) is 3. The third-order valence-electron chi connectivity index (χ3n) is 4.89. The normalized spacial score (nSPS) is 17.5. The van der Waals surface area contributed by atoms with E-state index in [1.54, 1.807) is 0 Å². The van der Waals surface area contributed by atoms with Crippen molar-refractivity contribution in [2.45, 2.75) is 46.1 Å². The Hall–Kier alpha value is -2.57. The number of aliphatic imine (C=N–C) groups is 1. The molecule has 3 heterocycles. The first-order valence-electron chi connectivity index (χ1n) is 9.86. The van der Waals surface area contributed by atoms with E-state index in [1.807, 2.05) is 24.1 Å². The third kappa shape index (κ3) is 4.78. The van der Waals surface area contributed by atoms with E-state index in [-0.39, 0.29) is 11.9 Å². The van der Waals surface area contributed by atoms with Gasteiger partial charge in [-0.2, -0.15) is 0 Å². The number of nitrogens with one attached hydrogen (secondary N) is 2. The number of hydrogen-bond donors (Lipinski definition) is 2. The molecule has 0 spiro atoms. The lowest BCUT2D eigenvalue weighted by Crippen LogP contribution is -2.45. The van der Waals surface area contributed by atoms with Gasteiger partial charge in [0.15, 0.2) is 5.96 Å². The zero-order valence-electron chi connectivity index (χ0n) is 16.5. The van der Waals surface area contributed by atoms with Crippen molar-refractivity contribution in [1.82, 2.24) is 24.9 Å². The maximum absolute atomic E-state index is 11.8. The molecule has 0 saturated carbocycles. The van der Waals surface area contributed by atoms with Crippen molar-refractivity contribution in [3.8, 4) is 0 Å². The number of fused-ring (bicyclic) bond motifs is 1. The van der Waals surface area contributed by atoms with Crippen LogP contribution in [0.3, 0.4) is 0 Å². The van der Waals surface area contributed by atoms with Gasteiger partial charge < -0.3 is 19.9 Å². The minimum absolute atomic E-state index is 0.225. The Bertz CT molecular complexity index is 812. The number of imidazole rings is 1. The van der Waals surface area contributed by atoms with Crippen LogP contribution in [0.5, 0.6) is 0 Å². The molecular weight excluding hydrogens is 340 g/mol. The number of carbonyl (C=O) groups is 1. The third-order valence-corrected chi connectivity index (χ3v) is 4.89. The highest BCUT2D eigenvalue weighted by Crippen LogP contribution is 2.11. The highest BCUT2D eigenvalue weighted by molar-refractivity contribution is 5.80. The molecule has 7 heteroatoms. The molecule has 1 fully saturated rings. The lowest BCUT2D eigenvalue weighted by atomic mass is 10.3. The number of aromatic nitrogens is 2. The molecule has 0 aromatic carbocycles. The average molecular weight is 371 g/mol. The van der Waals surface area contributed by atoms with Gasteiger partial charge in [0.1, 0.15) is 5.65 Å². The minimum Gasteiger partial charge on any atom is -0.357 e. The van der Waals surface area contributed by atoms with Crippen LogP contribution in [-0.2, 0) is 11.2 Å². The number of likely N-dealkylation sites (tertiary alicyclic amines) is 1. The molecule has 2 N–H and O–H groups in total. The maximum Gasteiger partial charge on any atom is 0.222 e. The molecule has 2 aromatic heterocycles. The molecule has 0 radical (unpaired) electrons. The van der Waals surface area contributed by atoms with Crippen LogP contribution in [0.4, 0.5) is 0 Å². The Kier molecular flexibility index (Phi) is 6.32. The van der Waals surface area contributed by atoms with E-state index < -0.39 is 0 Å². The number of aryl methyl sites for hydroxylation is 1. The van der Waals surface area contributed by atoms with Gasteiger partial charge >= 0.3 is 0 Å². The zero-order chi connectivity index (χ0) is 19.2. The van der Waals surface area contributed by atoms with Gasteiger partial charge in [-0.3, -0.25) is 9.79 Å². The molecule has 27 heavy (non-hydrogen) atoms. The SMILES string of the molecule is CCNC(=NCCc1cn2cccc(C)c2n1)NC1CCN(C(=O)CC)C1. The van der Waals surface area contributed by atoms with E-state index in [1.165, 1.54) is 5.56 Å². The van der Waals surface area contributed by atoms with Gasteiger partial charge in [-0.25, -0.2) is 4.98 Å². The van der Waals surface area contributed by atoms with E-state index in [4.69, 9.17) is 9.98 Å². The van der Waals surface area contributed by atoms with Crippen LogP contribution in [-0.4, -0.2) is 58.4 Å². The molecule has 3 rings (SSSR count). The summed E-state index contributed by atoms with van der Waals surface area (Å²) < 4.78 is 2.07. The van der Waals surface area contributed by atoms with Crippen LogP contribution in [0.1, 0.15) is 37.9 Å². The molecule has 7 nitrogen and oxygen atoms in total. The summed E-state index contributed by atoms with van der Waals surface area (Å²) in [6, 6.07) is 4.37. The summed E-state index contributed by atoms with van der Waals surface area (Å²) in [4.78, 5) is 23.2. The van der Waals surface area contributed by atoms with Crippen LogP contribution in [0.2, 0.25) is 0 Å². The Balaban J connectivity index is 1.57. The number of amides is 1. The molecule has 146 valence electrons. The van der Waals surface area contributed by atoms with Gasteiger partial charge in [-0.1, -0.05) is 13.0 Å². The highest BCUT2D eigenvalue weighted by atomic mass is 16.2. The van der Waals surface area contributed by atoms with Gasteiger partial charge in [0.2, 0.25) is 5.91 Å². The maximum atomic E-state index is 11.8. The molecule has 1 amide bonds. The zero-order valence-corrected chi connectivity index (χ0v) is 16.5. The van der Waals surface area contributed by atoms with Crippen LogP contribution >= 0.6 is 0 Å². The number of pyridine rings is 1. The van der Waals surface area contributed by atoms with Gasteiger partial charge in [-0.15, -0.1) is 0 Å². The molecule has 2 aromatic rings. The smallest absolute Gasteiger partial charge is 0.222 e. The molecule has 1 atom stereocenters. The van der Waals surface area contributed by atoms with Crippen molar-refractivity contribution in [3.63, 3.8) is 0 Å². The summed E-state index contributed by atoms with van der Waals surface area (Å²) in [6.45, 7) is 9.10. The molecule has 1 saturated heterocycles. The number of carbonyl (C=O) groups excluding carboxylic acids is 1. The topological polar surface area (TPSA) is 74.0 Å². The van der Waals surface area contributed by atoms with Crippen molar-refractivity contribution in [3.05, 3.63) is 35.8 Å².